The summed E-state index contributed by atoms with van der Waals surface area (Å²) >= 11 is 16.2. The van der Waals surface area contributed by atoms with E-state index in [0.29, 0.717) is 0 Å². The molecule has 0 amide bonds. The number of halogens is 5. The quantitative estimate of drug-likeness (QED) is 0.667. The Morgan fingerprint density at radius 3 is 2.25 bits per heavy atom. The number of hydrogen-bond donors (Lipinski definition) is 0. The van der Waals surface area contributed by atoms with Crippen molar-refractivity contribution in [1.29, 1.82) is 0 Å². The highest BCUT2D eigenvalue weighted by atomic mass is 35.5. The molecule has 0 saturated carbocycles. The van der Waals surface area contributed by atoms with Gasteiger partial charge in [-0.3, -0.25) is 0 Å². The molecule has 12 heavy (non-hydrogen) atoms. The Bertz CT molecular complexity index is 303. The lowest BCUT2D eigenvalue weighted by Crippen LogP contribution is -1.90. The minimum atomic E-state index is -2.74. The van der Waals surface area contributed by atoms with Crippen molar-refractivity contribution in [2.24, 2.45) is 0 Å². The zero-order chi connectivity index (χ0) is 9.30. The van der Waals surface area contributed by atoms with Crippen molar-refractivity contribution in [3.05, 3.63) is 27.0 Å². The summed E-state index contributed by atoms with van der Waals surface area (Å²) in [6.45, 7) is 0. The standard InChI is InChI=1S/C6H2Cl3F2N/c7-2-1-12-5(9)4(8)3(2)6(10)11/h1,6H. The normalized spacial score (nSPS) is 10.8. The molecule has 0 aliphatic heterocycles. The topological polar surface area (TPSA) is 12.9 Å². The molecule has 0 radical (unpaired) electrons. The molecule has 1 aromatic rings. The molecule has 0 N–H and O–H groups in total. The molecule has 0 unspecified atom stereocenters. The van der Waals surface area contributed by atoms with Crippen LogP contribution in [0.25, 0.3) is 0 Å². The van der Waals surface area contributed by atoms with E-state index in [1.54, 1.807) is 0 Å². The maximum Gasteiger partial charge on any atom is 0.266 e. The number of hydrogen-bond acceptors (Lipinski definition) is 1. The maximum absolute atomic E-state index is 12.2. The van der Waals surface area contributed by atoms with Gasteiger partial charge in [0.2, 0.25) is 0 Å². The third-order valence-corrected chi connectivity index (χ3v) is 2.25. The van der Waals surface area contributed by atoms with Crippen LogP contribution in [0.4, 0.5) is 8.78 Å². The molecule has 1 aromatic heterocycles. The second-order valence-electron chi connectivity index (χ2n) is 1.93. The molecule has 0 fully saturated rings. The molecule has 0 aliphatic rings. The predicted molar refractivity (Wildman–Crippen MR) is 44.2 cm³/mol. The smallest absolute Gasteiger partial charge is 0.241 e. The Hall–Kier alpha value is -0.120. The van der Waals surface area contributed by atoms with Crippen LogP contribution in [0, 0.1) is 0 Å². The average Bonchev–Trinajstić information content (AvgIpc) is 1.97. The molecule has 1 heterocycles. The van der Waals surface area contributed by atoms with Crippen LogP contribution in [0.15, 0.2) is 6.20 Å². The fourth-order valence-corrected chi connectivity index (χ4v) is 1.31. The van der Waals surface area contributed by atoms with Crippen LogP contribution in [0.5, 0.6) is 0 Å². The zero-order valence-corrected chi connectivity index (χ0v) is 7.76. The highest BCUT2D eigenvalue weighted by molar-refractivity contribution is 6.43. The van der Waals surface area contributed by atoms with E-state index in [1.807, 2.05) is 0 Å². The average molecular weight is 232 g/mol. The molecule has 0 bridgehead atoms. The lowest BCUT2D eigenvalue weighted by molar-refractivity contribution is 0.151. The van der Waals surface area contributed by atoms with E-state index in [-0.39, 0.29) is 15.2 Å². The summed E-state index contributed by atoms with van der Waals surface area (Å²) in [6, 6.07) is 0. The predicted octanol–water partition coefficient (Wildman–Crippen LogP) is 3.98. The van der Waals surface area contributed by atoms with Crippen molar-refractivity contribution in [2.75, 3.05) is 0 Å². The van der Waals surface area contributed by atoms with Gasteiger partial charge in [0.1, 0.15) is 5.15 Å². The van der Waals surface area contributed by atoms with Crippen LogP contribution < -0.4 is 0 Å². The van der Waals surface area contributed by atoms with Crippen LogP contribution in [-0.2, 0) is 0 Å². The Balaban J connectivity index is 3.33. The lowest BCUT2D eigenvalue weighted by Gasteiger charge is -2.05. The minimum absolute atomic E-state index is 0.170. The van der Waals surface area contributed by atoms with E-state index in [2.05, 4.69) is 4.98 Å². The van der Waals surface area contributed by atoms with Crippen molar-refractivity contribution in [2.45, 2.75) is 6.43 Å². The summed E-state index contributed by atoms with van der Waals surface area (Å²) in [5.74, 6) is 0. The minimum Gasteiger partial charge on any atom is -0.241 e. The Morgan fingerprint density at radius 1 is 1.25 bits per heavy atom. The first-order valence-electron chi connectivity index (χ1n) is 2.81. The SMILES string of the molecule is FC(F)c1c(Cl)cnc(Cl)c1Cl. The van der Waals surface area contributed by atoms with Crippen molar-refractivity contribution < 1.29 is 8.78 Å². The number of nitrogens with zero attached hydrogens (tertiary/aromatic N) is 1. The van der Waals surface area contributed by atoms with Crippen molar-refractivity contribution in [1.82, 2.24) is 4.98 Å². The van der Waals surface area contributed by atoms with Crippen LogP contribution >= 0.6 is 34.8 Å². The summed E-state index contributed by atoms with van der Waals surface area (Å²) < 4.78 is 24.4. The second-order valence-corrected chi connectivity index (χ2v) is 3.07. The van der Waals surface area contributed by atoms with Gasteiger partial charge in [-0.1, -0.05) is 34.8 Å². The van der Waals surface area contributed by atoms with Gasteiger partial charge in [-0.05, 0) is 0 Å². The van der Waals surface area contributed by atoms with Gasteiger partial charge in [0, 0.05) is 6.20 Å². The van der Waals surface area contributed by atoms with Crippen LogP contribution in [0.1, 0.15) is 12.0 Å². The molecular formula is C6H2Cl3F2N. The van der Waals surface area contributed by atoms with Gasteiger partial charge in [-0.25, -0.2) is 13.8 Å². The molecule has 6 heteroatoms. The lowest BCUT2D eigenvalue weighted by atomic mass is 10.3. The van der Waals surface area contributed by atoms with E-state index < -0.39 is 12.0 Å². The largest absolute Gasteiger partial charge is 0.266 e. The monoisotopic (exact) mass is 231 g/mol. The Labute approximate surface area is 82.3 Å². The summed E-state index contributed by atoms with van der Waals surface area (Å²) in [6.07, 6.45) is -1.71. The van der Waals surface area contributed by atoms with Crippen molar-refractivity contribution >= 4 is 34.8 Å². The van der Waals surface area contributed by atoms with Gasteiger partial charge in [0.05, 0.1) is 15.6 Å². The Kier molecular flexibility index (Phi) is 3.09. The molecule has 66 valence electrons. The number of alkyl halides is 2. The molecule has 1 rings (SSSR count). The summed E-state index contributed by atoms with van der Waals surface area (Å²) in [7, 11) is 0. The van der Waals surface area contributed by atoms with Gasteiger partial charge < -0.3 is 0 Å². The first kappa shape index (κ1) is 9.96. The molecule has 1 nitrogen and oxygen atoms in total. The third kappa shape index (κ3) is 1.79. The number of rotatable bonds is 1. The molecule has 0 saturated heterocycles. The van der Waals surface area contributed by atoms with Crippen molar-refractivity contribution in [3.8, 4) is 0 Å². The van der Waals surface area contributed by atoms with Gasteiger partial charge in [0.25, 0.3) is 6.43 Å². The second kappa shape index (κ2) is 3.73. The van der Waals surface area contributed by atoms with Crippen LogP contribution in [0.2, 0.25) is 15.2 Å². The molecule has 0 spiro atoms. The zero-order valence-electron chi connectivity index (χ0n) is 5.49. The number of aromatic nitrogens is 1. The Morgan fingerprint density at radius 2 is 1.83 bits per heavy atom. The third-order valence-electron chi connectivity index (χ3n) is 1.18. The first-order chi connectivity index (χ1) is 5.54. The van der Waals surface area contributed by atoms with Gasteiger partial charge in [0.15, 0.2) is 0 Å². The summed E-state index contributed by atoms with van der Waals surface area (Å²) in [5.41, 5.74) is -0.474. The van der Waals surface area contributed by atoms with E-state index in [9.17, 15) is 8.78 Å². The van der Waals surface area contributed by atoms with Gasteiger partial charge >= 0.3 is 0 Å². The fraction of sp³-hybridized carbons (Fsp3) is 0.167. The molecule has 0 aromatic carbocycles. The van der Waals surface area contributed by atoms with Crippen LogP contribution in [0.3, 0.4) is 0 Å². The van der Waals surface area contributed by atoms with Gasteiger partial charge in [-0.2, -0.15) is 0 Å². The van der Waals surface area contributed by atoms with E-state index >= 15 is 0 Å². The van der Waals surface area contributed by atoms with E-state index in [4.69, 9.17) is 34.8 Å². The summed E-state index contributed by atoms with van der Waals surface area (Å²) in [5, 5.41) is -0.644. The maximum atomic E-state index is 12.2. The van der Waals surface area contributed by atoms with E-state index in [0.717, 1.165) is 6.20 Å². The molecule has 0 aliphatic carbocycles. The molecule has 0 atom stereocenters. The highest BCUT2D eigenvalue weighted by Gasteiger charge is 2.18. The molecular weight excluding hydrogens is 230 g/mol. The summed E-state index contributed by atoms with van der Waals surface area (Å²) in [4.78, 5) is 3.49. The van der Waals surface area contributed by atoms with Crippen LogP contribution in [-0.4, -0.2) is 4.98 Å². The fourth-order valence-electron chi connectivity index (χ4n) is 0.656. The number of pyridine rings is 1. The highest BCUT2D eigenvalue weighted by Crippen LogP contribution is 2.36. The van der Waals surface area contributed by atoms with Gasteiger partial charge in [-0.15, -0.1) is 0 Å². The van der Waals surface area contributed by atoms with E-state index in [1.165, 1.54) is 0 Å². The van der Waals surface area contributed by atoms with Crippen molar-refractivity contribution in [3.63, 3.8) is 0 Å². The first-order valence-corrected chi connectivity index (χ1v) is 3.95.